The Balaban J connectivity index is 1.44. The van der Waals surface area contributed by atoms with Crippen LogP contribution in [0.2, 0.25) is 0 Å². The number of piperidine rings is 1. The molecular formula is C26H28N4S. The normalized spacial score (nSPS) is 14.9. The van der Waals surface area contributed by atoms with E-state index in [0.717, 1.165) is 40.7 Å². The summed E-state index contributed by atoms with van der Waals surface area (Å²) in [7, 11) is 0. The van der Waals surface area contributed by atoms with Crippen molar-refractivity contribution in [3.63, 3.8) is 0 Å². The van der Waals surface area contributed by atoms with Crippen LogP contribution in [0.4, 0.5) is 17.2 Å². The summed E-state index contributed by atoms with van der Waals surface area (Å²) in [4.78, 5) is 12.6. The number of benzene rings is 2. The van der Waals surface area contributed by atoms with E-state index in [0.29, 0.717) is 0 Å². The van der Waals surface area contributed by atoms with E-state index < -0.39 is 0 Å². The largest absolute Gasteiger partial charge is 0.372 e. The predicted octanol–water partition coefficient (Wildman–Crippen LogP) is 6.96. The third-order valence-corrected chi connectivity index (χ3v) is 7.35. The van der Waals surface area contributed by atoms with Crippen LogP contribution in [-0.2, 0) is 0 Å². The summed E-state index contributed by atoms with van der Waals surface area (Å²) >= 11 is 1.67. The predicted molar refractivity (Wildman–Crippen MR) is 133 cm³/mol. The molecule has 158 valence electrons. The molecule has 1 N–H and O–H groups in total. The monoisotopic (exact) mass is 428 g/mol. The molecule has 1 fully saturated rings. The number of anilines is 3. The molecule has 1 saturated heterocycles. The van der Waals surface area contributed by atoms with E-state index in [9.17, 15) is 0 Å². The van der Waals surface area contributed by atoms with Gasteiger partial charge in [0.15, 0.2) is 0 Å². The number of aryl methyl sites for hydroxylation is 2. The Labute approximate surface area is 188 Å². The average Bonchev–Trinajstić information content (AvgIpc) is 3.22. The molecule has 4 nitrogen and oxygen atoms in total. The highest BCUT2D eigenvalue weighted by atomic mass is 32.1. The van der Waals surface area contributed by atoms with Crippen molar-refractivity contribution in [2.24, 2.45) is 5.92 Å². The van der Waals surface area contributed by atoms with Gasteiger partial charge in [0, 0.05) is 35.4 Å². The molecule has 0 atom stereocenters. The van der Waals surface area contributed by atoms with Gasteiger partial charge in [0.1, 0.15) is 17.0 Å². The van der Waals surface area contributed by atoms with Crippen LogP contribution in [0.25, 0.3) is 21.3 Å². The summed E-state index contributed by atoms with van der Waals surface area (Å²) in [6.45, 7) is 8.95. The van der Waals surface area contributed by atoms with Crippen molar-refractivity contribution in [2.45, 2.75) is 33.6 Å². The second kappa shape index (κ2) is 8.31. The highest BCUT2D eigenvalue weighted by Crippen LogP contribution is 2.38. The zero-order valence-corrected chi connectivity index (χ0v) is 19.2. The first-order valence-corrected chi connectivity index (χ1v) is 11.9. The number of hydrogen-bond acceptors (Lipinski definition) is 5. The standard InChI is InChI=1S/C26H28N4S/c1-17-10-12-30(13-11-17)22-8-6-21(7-9-22)29-25-24-23(15-31-26(24)28-16-27-25)20-5-4-18(2)19(3)14-20/h4-9,14-17H,10-13H2,1-3H3,(H,27,28,29). The van der Waals surface area contributed by atoms with E-state index in [1.807, 2.05) is 0 Å². The van der Waals surface area contributed by atoms with Crippen molar-refractivity contribution >= 4 is 38.7 Å². The minimum atomic E-state index is 0.842. The molecule has 0 spiro atoms. The van der Waals surface area contributed by atoms with Gasteiger partial charge in [0.05, 0.1) is 5.39 Å². The van der Waals surface area contributed by atoms with E-state index in [1.165, 1.54) is 40.8 Å². The molecule has 0 unspecified atom stereocenters. The smallest absolute Gasteiger partial charge is 0.143 e. The number of hydrogen-bond donors (Lipinski definition) is 1. The Morgan fingerprint density at radius 2 is 1.74 bits per heavy atom. The molecule has 4 aromatic rings. The lowest BCUT2D eigenvalue weighted by Crippen LogP contribution is -2.32. The lowest BCUT2D eigenvalue weighted by atomic mass is 9.99. The van der Waals surface area contributed by atoms with Crippen LogP contribution in [0, 0.1) is 19.8 Å². The number of thiophene rings is 1. The minimum Gasteiger partial charge on any atom is -0.372 e. The Hall–Kier alpha value is -2.92. The fourth-order valence-electron chi connectivity index (χ4n) is 4.25. The number of rotatable bonds is 4. The van der Waals surface area contributed by atoms with Crippen molar-refractivity contribution in [2.75, 3.05) is 23.3 Å². The Bertz CT molecular complexity index is 1200. The molecule has 0 amide bonds. The zero-order valence-electron chi connectivity index (χ0n) is 18.4. The van der Waals surface area contributed by atoms with Crippen molar-refractivity contribution in [3.8, 4) is 11.1 Å². The molecule has 0 radical (unpaired) electrons. The van der Waals surface area contributed by atoms with Crippen LogP contribution in [0.3, 0.4) is 0 Å². The number of nitrogens with zero attached hydrogens (tertiary/aromatic N) is 3. The Kier molecular flexibility index (Phi) is 5.36. The quantitative estimate of drug-likeness (QED) is 0.382. The van der Waals surface area contributed by atoms with Gasteiger partial charge >= 0.3 is 0 Å². The highest BCUT2D eigenvalue weighted by molar-refractivity contribution is 7.17. The maximum atomic E-state index is 4.60. The first kappa shape index (κ1) is 20.0. The first-order chi connectivity index (χ1) is 15.1. The van der Waals surface area contributed by atoms with Crippen LogP contribution >= 0.6 is 11.3 Å². The van der Waals surface area contributed by atoms with E-state index in [1.54, 1.807) is 17.7 Å². The molecule has 1 aliphatic rings. The molecule has 2 aromatic carbocycles. The zero-order chi connectivity index (χ0) is 21.4. The van der Waals surface area contributed by atoms with Crippen LogP contribution in [-0.4, -0.2) is 23.1 Å². The molecule has 0 saturated carbocycles. The molecule has 5 heteroatoms. The van der Waals surface area contributed by atoms with Gasteiger partial charge in [-0.25, -0.2) is 9.97 Å². The number of nitrogens with one attached hydrogen (secondary N) is 1. The fraction of sp³-hybridized carbons (Fsp3) is 0.308. The van der Waals surface area contributed by atoms with Crippen molar-refractivity contribution in [3.05, 3.63) is 65.3 Å². The van der Waals surface area contributed by atoms with E-state index in [2.05, 4.69) is 88.8 Å². The molecular weight excluding hydrogens is 400 g/mol. The van der Waals surface area contributed by atoms with Gasteiger partial charge in [-0.1, -0.05) is 25.1 Å². The number of fused-ring (bicyclic) bond motifs is 1. The van der Waals surface area contributed by atoms with Crippen LogP contribution in [0.1, 0.15) is 30.9 Å². The second-order valence-electron chi connectivity index (χ2n) is 8.69. The summed E-state index contributed by atoms with van der Waals surface area (Å²) in [6, 6.07) is 15.4. The summed E-state index contributed by atoms with van der Waals surface area (Å²) in [6.07, 6.45) is 4.20. The third kappa shape index (κ3) is 4.02. The van der Waals surface area contributed by atoms with Gasteiger partial charge in [0.2, 0.25) is 0 Å². The van der Waals surface area contributed by atoms with Crippen molar-refractivity contribution in [1.29, 1.82) is 0 Å². The molecule has 31 heavy (non-hydrogen) atoms. The maximum absolute atomic E-state index is 4.60. The van der Waals surface area contributed by atoms with Crippen LogP contribution < -0.4 is 10.2 Å². The van der Waals surface area contributed by atoms with E-state index in [4.69, 9.17) is 0 Å². The van der Waals surface area contributed by atoms with Crippen LogP contribution in [0.15, 0.2) is 54.2 Å². The summed E-state index contributed by atoms with van der Waals surface area (Å²) in [5.74, 6) is 1.70. The topological polar surface area (TPSA) is 41.1 Å². The maximum Gasteiger partial charge on any atom is 0.143 e. The lowest BCUT2D eigenvalue weighted by Gasteiger charge is -2.32. The second-order valence-corrected chi connectivity index (χ2v) is 9.55. The number of aromatic nitrogens is 2. The van der Waals surface area contributed by atoms with Crippen molar-refractivity contribution < 1.29 is 0 Å². The summed E-state index contributed by atoms with van der Waals surface area (Å²) in [5, 5.41) is 6.82. The fourth-order valence-corrected chi connectivity index (χ4v) is 5.17. The molecule has 5 rings (SSSR count). The van der Waals surface area contributed by atoms with Crippen molar-refractivity contribution in [1.82, 2.24) is 9.97 Å². The molecule has 0 bridgehead atoms. The SMILES string of the molecule is Cc1ccc(-c2csc3ncnc(Nc4ccc(N5CCC(C)CC5)cc4)c23)cc1C. The Morgan fingerprint density at radius 3 is 2.48 bits per heavy atom. The molecule has 1 aliphatic heterocycles. The first-order valence-electron chi connectivity index (χ1n) is 11.0. The third-order valence-electron chi connectivity index (χ3n) is 6.47. The van der Waals surface area contributed by atoms with Gasteiger partial charge in [-0.05, 0) is 73.6 Å². The lowest BCUT2D eigenvalue weighted by molar-refractivity contribution is 0.438. The summed E-state index contributed by atoms with van der Waals surface area (Å²) in [5.41, 5.74) is 7.35. The van der Waals surface area contributed by atoms with Gasteiger partial charge in [0.25, 0.3) is 0 Å². The van der Waals surface area contributed by atoms with Gasteiger partial charge in [-0.15, -0.1) is 11.3 Å². The Morgan fingerprint density at radius 1 is 0.968 bits per heavy atom. The van der Waals surface area contributed by atoms with Gasteiger partial charge in [-0.3, -0.25) is 0 Å². The highest BCUT2D eigenvalue weighted by Gasteiger charge is 2.17. The minimum absolute atomic E-state index is 0.842. The molecule has 3 heterocycles. The van der Waals surface area contributed by atoms with E-state index >= 15 is 0 Å². The summed E-state index contributed by atoms with van der Waals surface area (Å²) < 4.78 is 0. The van der Waals surface area contributed by atoms with Gasteiger partial charge < -0.3 is 10.2 Å². The molecule has 0 aliphatic carbocycles. The molecule has 2 aromatic heterocycles. The van der Waals surface area contributed by atoms with Crippen LogP contribution in [0.5, 0.6) is 0 Å². The van der Waals surface area contributed by atoms with Gasteiger partial charge in [-0.2, -0.15) is 0 Å². The van der Waals surface area contributed by atoms with E-state index in [-0.39, 0.29) is 0 Å². The average molecular weight is 429 g/mol.